The Kier molecular flexibility index (Phi) is 6.57. The lowest BCUT2D eigenvalue weighted by atomic mass is 10.1. The molecule has 1 atom stereocenters. The van der Waals surface area contributed by atoms with Crippen LogP contribution in [0.15, 0.2) is 42.5 Å². The van der Waals surface area contributed by atoms with Gasteiger partial charge >= 0.3 is 0 Å². The van der Waals surface area contributed by atoms with E-state index in [-0.39, 0.29) is 17.8 Å². The molecule has 0 bridgehead atoms. The van der Waals surface area contributed by atoms with Crippen molar-refractivity contribution in [2.24, 2.45) is 0 Å². The first-order valence-electron chi connectivity index (χ1n) is 9.70. The lowest BCUT2D eigenvalue weighted by molar-refractivity contribution is -0.915. The van der Waals surface area contributed by atoms with E-state index in [0.717, 1.165) is 36.8 Å². The van der Waals surface area contributed by atoms with Gasteiger partial charge in [-0.2, -0.15) is 0 Å². The molecule has 0 spiro atoms. The number of nitrogens with one attached hydrogen (secondary N) is 1. The van der Waals surface area contributed by atoms with Crippen molar-refractivity contribution < 1.29 is 14.1 Å². The summed E-state index contributed by atoms with van der Waals surface area (Å²) in [6.45, 7) is 8.07. The topological polar surface area (TPSA) is 28.0 Å². The average Bonchev–Trinajstić information content (AvgIpc) is 2.69. The second-order valence-electron chi connectivity index (χ2n) is 7.62. The van der Waals surface area contributed by atoms with Gasteiger partial charge in [-0.3, -0.25) is 4.79 Å². The maximum Gasteiger partial charge on any atom is 0.280 e. The lowest BCUT2D eigenvalue weighted by Crippen LogP contribution is -3.19. The van der Waals surface area contributed by atoms with Crippen LogP contribution in [0.5, 0.6) is 0 Å². The smallest absolute Gasteiger partial charge is 0.280 e. The minimum atomic E-state index is -0.274. The van der Waals surface area contributed by atoms with E-state index in [4.69, 9.17) is 11.6 Å². The van der Waals surface area contributed by atoms with Crippen LogP contribution in [0.1, 0.15) is 18.1 Å². The number of hydrogen-bond donors (Lipinski definition) is 1. The van der Waals surface area contributed by atoms with Crippen molar-refractivity contribution in [1.82, 2.24) is 4.90 Å². The molecular formula is C22H28ClFN3O+. The van der Waals surface area contributed by atoms with Gasteiger partial charge in [0.1, 0.15) is 5.82 Å². The predicted octanol–water partition coefficient (Wildman–Crippen LogP) is 2.54. The molecule has 1 aliphatic rings. The van der Waals surface area contributed by atoms with E-state index in [1.165, 1.54) is 28.3 Å². The normalized spacial score (nSPS) is 16.1. The molecule has 1 N–H and O–H groups in total. The second kappa shape index (κ2) is 8.93. The molecule has 28 heavy (non-hydrogen) atoms. The maximum atomic E-state index is 13.4. The first-order chi connectivity index (χ1) is 13.3. The predicted molar refractivity (Wildman–Crippen MR) is 111 cm³/mol. The maximum absolute atomic E-state index is 13.4. The number of benzene rings is 2. The number of likely N-dealkylation sites (N-methyl/N-ethyl adjacent to an activating group) is 1. The molecule has 3 rings (SSSR count). The summed E-state index contributed by atoms with van der Waals surface area (Å²) in [5, 5.41) is 0.748. The van der Waals surface area contributed by atoms with Crippen molar-refractivity contribution in [3.63, 3.8) is 0 Å². The molecular weight excluding hydrogens is 377 g/mol. The molecule has 1 fully saturated rings. The number of nitrogens with zero attached hydrogens (tertiary/aromatic N) is 2. The highest BCUT2D eigenvalue weighted by molar-refractivity contribution is 6.30. The summed E-state index contributed by atoms with van der Waals surface area (Å²) >= 11 is 6.16. The van der Waals surface area contributed by atoms with Crippen LogP contribution >= 0.6 is 11.6 Å². The molecule has 2 aromatic rings. The van der Waals surface area contributed by atoms with Crippen molar-refractivity contribution in [2.75, 3.05) is 38.1 Å². The molecule has 6 heteroatoms. The zero-order valence-corrected chi connectivity index (χ0v) is 17.5. The van der Waals surface area contributed by atoms with Crippen LogP contribution in [-0.4, -0.2) is 50.1 Å². The molecule has 1 heterocycles. The minimum absolute atomic E-state index is 0.0895. The van der Waals surface area contributed by atoms with Crippen LogP contribution in [0.25, 0.3) is 0 Å². The highest BCUT2D eigenvalue weighted by Gasteiger charge is 2.31. The number of hydrogen-bond acceptors (Lipinski definition) is 2. The number of quaternary nitrogens is 1. The van der Waals surface area contributed by atoms with Crippen molar-refractivity contribution in [2.45, 2.75) is 26.4 Å². The molecule has 4 nitrogen and oxygen atoms in total. The standard InChI is InChI=1S/C22H27ClFN3O/c1-16-7-8-19(23)14-21(16)27-11-9-26(10-12-27)17(2)22(28)25(3)15-18-5-4-6-20(24)13-18/h4-8,13-14,17H,9-12,15H2,1-3H3/p+1/t17-/m0/s1. The zero-order chi connectivity index (χ0) is 20.3. The number of aryl methyl sites for hydroxylation is 1. The Bertz CT molecular complexity index is 836. The highest BCUT2D eigenvalue weighted by atomic mass is 35.5. The van der Waals surface area contributed by atoms with Crippen molar-refractivity contribution in [3.05, 3.63) is 64.4 Å². The number of anilines is 1. The molecule has 0 radical (unpaired) electrons. The van der Waals surface area contributed by atoms with Crippen LogP contribution < -0.4 is 9.80 Å². The van der Waals surface area contributed by atoms with E-state index < -0.39 is 0 Å². The Hall–Kier alpha value is -2.11. The van der Waals surface area contributed by atoms with Gasteiger partial charge in [0, 0.05) is 24.3 Å². The van der Waals surface area contributed by atoms with Crippen LogP contribution in [0.2, 0.25) is 5.02 Å². The molecule has 2 aromatic carbocycles. The van der Waals surface area contributed by atoms with Crippen molar-refractivity contribution in [3.8, 4) is 0 Å². The fourth-order valence-corrected chi connectivity index (χ4v) is 4.05. The van der Waals surface area contributed by atoms with Gasteiger partial charge in [-0.15, -0.1) is 0 Å². The highest BCUT2D eigenvalue weighted by Crippen LogP contribution is 2.24. The van der Waals surface area contributed by atoms with Crippen LogP contribution in [-0.2, 0) is 11.3 Å². The van der Waals surface area contributed by atoms with Gasteiger partial charge in [-0.25, -0.2) is 4.39 Å². The number of rotatable bonds is 5. The number of halogens is 2. The molecule has 150 valence electrons. The van der Waals surface area contributed by atoms with E-state index in [1.807, 2.05) is 31.2 Å². The Morgan fingerprint density at radius 2 is 1.96 bits per heavy atom. The summed E-state index contributed by atoms with van der Waals surface area (Å²) in [7, 11) is 1.79. The van der Waals surface area contributed by atoms with E-state index in [0.29, 0.717) is 6.54 Å². The van der Waals surface area contributed by atoms with Crippen LogP contribution in [0.4, 0.5) is 10.1 Å². The first-order valence-corrected chi connectivity index (χ1v) is 10.1. The summed E-state index contributed by atoms with van der Waals surface area (Å²) in [5.41, 5.74) is 3.19. The second-order valence-corrected chi connectivity index (χ2v) is 8.06. The fraction of sp³-hybridized carbons (Fsp3) is 0.409. The Morgan fingerprint density at radius 3 is 2.64 bits per heavy atom. The molecule has 1 amide bonds. The van der Waals surface area contributed by atoms with E-state index in [1.54, 1.807) is 18.0 Å². The number of amides is 1. The number of piperazine rings is 1. The molecule has 1 saturated heterocycles. The summed E-state index contributed by atoms with van der Waals surface area (Å²) in [6, 6.07) is 12.3. The SMILES string of the molecule is Cc1ccc(Cl)cc1N1CC[NH+]([C@@H](C)C(=O)N(C)Cc2cccc(F)c2)CC1. The molecule has 0 unspecified atom stereocenters. The Labute approximate surface area is 171 Å². The lowest BCUT2D eigenvalue weighted by Gasteiger charge is -2.37. The van der Waals surface area contributed by atoms with Gasteiger partial charge in [0.05, 0.1) is 26.2 Å². The van der Waals surface area contributed by atoms with Gasteiger partial charge in [-0.05, 0) is 49.2 Å². The largest absolute Gasteiger partial charge is 0.360 e. The molecule has 0 aromatic heterocycles. The third-order valence-corrected chi connectivity index (χ3v) is 5.82. The monoisotopic (exact) mass is 404 g/mol. The summed E-state index contributed by atoms with van der Waals surface area (Å²) in [6.07, 6.45) is 0. The molecule has 1 aliphatic heterocycles. The third-order valence-electron chi connectivity index (χ3n) is 5.59. The van der Waals surface area contributed by atoms with Crippen LogP contribution in [0.3, 0.4) is 0 Å². The third kappa shape index (κ3) is 4.83. The molecule has 0 saturated carbocycles. The summed E-state index contributed by atoms with van der Waals surface area (Å²) < 4.78 is 13.4. The zero-order valence-electron chi connectivity index (χ0n) is 16.7. The Morgan fingerprint density at radius 1 is 1.25 bits per heavy atom. The summed E-state index contributed by atoms with van der Waals surface area (Å²) in [4.78, 5) is 18.2. The fourth-order valence-electron chi connectivity index (χ4n) is 3.88. The average molecular weight is 405 g/mol. The van der Waals surface area contributed by atoms with Crippen molar-refractivity contribution >= 4 is 23.2 Å². The van der Waals surface area contributed by atoms with Crippen molar-refractivity contribution in [1.29, 1.82) is 0 Å². The van der Waals surface area contributed by atoms with E-state index in [2.05, 4.69) is 11.8 Å². The van der Waals surface area contributed by atoms with Gasteiger partial charge < -0.3 is 14.7 Å². The van der Waals surface area contributed by atoms with E-state index in [9.17, 15) is 9.18 Å². The minimum Gasteiger partial charge on any atom is -0.360 e. The number of carbonyl (C=O) groups is 1. The van der Waals surface area contributed by atoms with Crippen LogP contribution in [0, 0.1) is 12.7 Å². The quantitative estimate of drug-likeness (QED) is 0.829. The van der Waals surface area contributed by atoms with Gasteiger partial charge in [-0.1, -0.05) is 29.8 Å². The number of carbonyl (C=O) groups excluding carboxylic acids is 1. The van der Waals surface area contributed by atoms with Gasteiger partial charge in [0.2, 0.25) is 0 Å². The van der Waals surface area contributed by atoms with Gasteiger partial charge in [0.25, 0.3) is 5.91 Å². The van der Waals surface area contributed by atoms with Gasteiger partial charge in [0.15, 0.2) is 6.04 Å². The first kappa shape index (κ1) is 20.6. The molecule has 0 aliphatic carbocycles. The summed E-state index contributed by atoms with van der Waals surface area (Å²) in [5.74, 6) is -0.184. The van der Waals surface area contributed by atoms with E-state index >= 15 is 0 Å². The Balaban J connectivity index is 1.57.